The van der Waals surface area contributed by atoms with Crippen molar-refractivity contribution in [2.45, 2.75) is 12.5 Å². The maximum Gasteiger partial charge on any atom is 0.274 e. The molecule has 2 aromatic rings. The number of hydrogen-bond donors (Lipinski definition) is 2. The number of halogens is 2. The van der Waals surface area contributed by atoms with Crippen molar-refractivity contribution < 1.29 is 14.6 Å². The fourth-order valence-corrected chi connectivity index (χ4v) is 3.83. The largest absolute Gasteiger partial charge is 0.381 e. The molecule has 0 aliphatic heterocycles. The third-order valence-electron chi connectivity index (χ3n) is 4.00. The molecule has 0 radical (unpaired) electrons. The van der Waals surface area contributed by atoms with E-state index in [1.54, 1.807) is 0 Å². The van der Waals surface area contributed by atoms with Gasteiger partial charge in [-0.15, -0.1) is 0 Å². The van der Waals surface area contributed by atoms with Gasteiger partial charge in [0.15, 0.2) is 0 Å². The first-order valence-electron chi connectivity index (χ1n) is 7.82. The van der Waals surface area contributed by atoms with Gasteiger partial charge in [0.25, 0.3) is 11.6 Å². The molecule has 9 heteroatoms. The molecule has 2 aromatic carbocycles. The van der Waals surface area contributed by atoms with E-state index in [0.717, 1.165) is 20.2 Å². The van der Waals surface area contributed by atoms with Gasteiger partial charge in [0, 0.05) is 43.4 Å². The minimum Gasteiger partial charge on any atom is -0.381 e. The van der Waals surface area contributed by atoms with Crippen molar-refractivity contribution >= 4 is 55.8 Å². The lowest BCUT2D eigenvalue weighted by atomic mass is 10.2. The van der Waals surface area contributed by atoms with E-state index < -0.39 is 10.8 Å². The van der Waals surface area contributed by atoms with Gasteiger partial charge in [-0.25, -0.2) is 5.48 Å². The number of rotatable bonds is 7. The fraction of sp³-hybridized carbons (Fsp3) is 0.235. The van der Waals surface area contributed by atoms with Gasteiger partial charge in [0.05, 0.1) is 11.5 Å². The van der Waals surface area contributed by atoms with Gasteiger partial charge in [-0.3, -0.25) is 19.7 Å². The van der Waals surface area contributed by atoms with Gasteiger partial charge in [-0.2, -0.15) is 0 Å². The number of anilines is 1. The highest BCUT2D eigenvalue weighted by molar-refractivity contribution is 14.1. The SMILES string of the molecule is O=C(NOCC1CC1Nc1ccc(I)cc1Br)c1ccc([N+](=O)[O-])cc1. The van der Waals surface area contributed by atoms with Gasteiger partial charge in [0.2, 0.25) is 0 Å². The molecule has 1 amide bonds. The van der Waals surface area contributed by atoms with Crippen LogP contribution in [-0.2, 0) is 4.84 Å². The second-order valence-electron chi connectivity index (χ2n) is 5.92. The summed E-state index contributed by atoms with van der Waals surface area (Å²) in [6.07, 6.45) is 0.964. The Morgan fingerprint density at radius 2 is 2.04 bits per heavy atom. The molecule has 3 rings (SSSR count). The zero-order chi connectivity index (χ0) is 18.7. The Bertz CT molecular complexity index is 831. The van der Waals surface area contributed by atoms with Crippen LogP contribution in [0.3, 0.4) is 0 Å². The molecule has 0 aromatic heterocycles. The second kappa shape index (κ2) is 8.31. The van der Waals surface area contributed by atoms with Crippen LogP contribution in [0.15, 0.2) is 46.9 Å². The quantitative estimate of drug-likeness (QED) is 0.318. The molecule has 2 N–H and O–H groups in total. The van der Waals surface area contributed by atoms with Crippen LogP contribution in [-0.4, -0.2) is 23.5 Å². The Kier molecular flexibility index (Phi) is 6.09. The highest BCUT2D eigenvalue weighted by Gasteiger charge is 2.37. The number of nitro groups is 1. The molecule has 0 spiro atoms. The van der Waals surface area contributed by atoms with E-state index in [1.165, 1.54) is 24.3 Å². The van der Waals surface area contributed by atoms with E-state index >= 15 is 0 Å². The molecule has 0 bridgehead atoms. The van der Waals surface area contributed by atoms with Gasteiger partial charge in [0.1, 0.15) is 0 Å². The van der Waals surface area contributed by atoms with Crippen LogP contribution in [0.1, 0.15) is 16.8 Å². The van der Waals surface area contributed by atoms with Gasteiger partial charge in [-0.05, 0) is 75.3 Å². The Labute approximate surface area is 171 Å². The second-order valence-corrected chi connectivity index (χ2v) is 8.02. The molecular formula is C17H15BrIN3O4. The molecule has 0 saturated heterocycles. The van der Waals surface area contributed by atoms with E-state index in [-0.39, 0.29) is 5.69 Å². The minimum absolute atomic E-state index is 0.0591. The number of nitro benzene ring substituents is 1. The van der Waals surface area contributed by atoms with Gasteiger partial charge >= 0.3 is 0 Å². The number of hydroxylamine groups is 1. The van der Waals surface area contributed by atoms with Crippen molar-refractivity contribution in [3.63, 3.8) is 0 Å². The summed E-state index contributed by atoms with van der Waals surface area (Å²) in [6.45, 7) is 0.401. The number of non-ortho nitro benzene ring substituents is 1. The predicted octanol–water partition coefficient (Wildman–Crippen LogP) is 4.12. The number of nitrogens with one attached hydrogen (secondary N) is 2. The average molecular weight is 532 g/mol. The number of carbonyl (C=O) groups excluding carboxylic acids is 1. The maximum absolute atomic E-state index is 11.9. The normalized spacial score (nSPS) is 18.2. The standard InChI is InChI=1S/C17H15BrIN3O4/c18-14-8-12(19)3-6-15(14)20-16-7-11(16)9-26-21-17(23)10-1-4-13(5-2-10)22(24)25/h1-6,8,11,16,20H,7,9H2,(H,21,23). The lowest BCUT2D eigenvalue weighted by molar-refractivity contribution is -0.384. The van der Waals surface area contributed by atoms with Crippen molar-refractivity contribution in [2.75, 3.05) is 11.9 Å². The Balaban J connectivity index is 1.41. The molecule has 1 saturated carbocycles. The van der Waals surface area contributed by atoms with Crippen molar-refractivity contribution in [2.24, 2.45) is 5.92 Å². The molecule has 1 aliphatic carbocycles. The topological polar surface area (TPSA) is 93.5 Å². The van der Waals surface area contributed by atoms with Crippen molar-refractivity contribution in [1.82, 2.24) is 5.48 Å². The fourth-order valence-electron chi connectivity index (χ4n) is 2.42. The summed E-state index contributed by atoms with van der Waals surface area (Å²) in [5.41, 5.74) is 3.66. The maximum atomic E-state index is 11.9. The smallest absolute Gasteiger partial charge is 0.274 e. The summed E-state index contributed by atoms with van der Waals surface area (Å²) in [5, 5.41) is 14.0. The van der Waals surface area contributed by atoms with Gasteiger partial charge < -0.3 is 5.32 Å². The van der Waals surface area contributed by atoms with Gasteiger partial charge in [-0.1, -0.05) is 0 Å². The third kappa shape index (κ3) is 4.92. The third-order valence-corrected chi connectivity index (χ3v) is 5.32. The van der Waals surface area contributed by atoms with Crippen LogP contribution in [0.4, 0.5) is 11.4 Å². The summed E-state index contributed by atoms with van der Waals surface area (Å²) in [4.78, 5) is 27.3. The van der Waals surface area contributed by atoms with Crippen molar-refractivity contribution in [1.29, 1.82) is 0 Å². The van der Waals surface area contributed by atoms with E-state index in [4.69, 9.17) is 4.84 Å². The summed E-state index contributed by atoms with van der Waals surface area (Å²) >= 11 is 5.80. The molecule has 26 heavy (non-hydrogen) atoms. The number of benzene rings is 2. The molecule has 1 fully saturated rings. The van der Waals surface area contributed by atoms with Crippen LogP contribution in [0.2, 0.25) is 0 Å². The number of nitrogens with zero attached hydrogens (tertiary/aromatic N) is 1. The van der Waals surface area contributed by atoms with E-state index in [9.17, 15) is 14.9 Å². The molecule has 1 aliphatic rings. The summed E-state index contributed by atoms with van der Waals surface area (Å²) < 4.78 is 2.17. The zero-order valence-electron chi connectivity index (χ0n) is 13.4. The van der Waals surface area contributed by atoms with E-state index in [2.05, 4.69) is 49.3 Å². The first-order valence-corrected chi connectivity index (χ1v) is 9.69. The minimum atomic E-state index is -0.510. The van der Waals surface area contributed by atoms with Crippen molar-refractivity contribution in [3.8, 4) is 0 Å². The van der Waals surface area contributed by atoms with Crippen LogP contribution in [0.5, 0.6) is 0 Å². The Morgan fingerprint density at radius 3 is 2.69 bits per heavy atom. The highest BCUT2D eigenvalue weighted by atomic mass is 127. The first kappa shape index (κ1) is 19.1. The van der Waals surface area contributed by atoms with E-state index in [0.29, 0.717) is 24.1 Å². The lowest BCUT2D eigenvalue weighted by Gasteiger charge is -2.09. The lowest BCUT2D eigenvalue weighted by Crippen LogP contribution is -2.25. The highest BCUT2D eigenvalue weighted by Crippen LogP contribution is 2.36. The van der Waals surface area contributed by atoms with Crippen LogP contribution < -0.4 is 10.8 Å². The molecule has 2 atom stereocenters. The zero-order valence-corrected chi connectivity index (χ0v) is 17.2. The van der Waals surface area contributed by atoms with Crippen LogP contribution in [0, 0.1) is 19.6 Å². The molecule has 2 unspecified atom stereocenters. The molecule has 7 nitrogen and oxygen atoms in total. The summed E-state index contributed by atoms with van der Waals surface area (Å²) in [6, 6.07) is 11.8. The van der Waals surface area contributed by atoms with Crippen molar-refractivity contribution in [3.05, 3.63) is 66.2 Å². The summed E-state index contributed by atoms with van der Waals surface area (Å²) in [7, 11) is 0. The Morgan fingerprint density at radius 1 is 1.31 bits per heavy atom. The predicted molar refractivity (Wildman–Crippen MR) is 109 cm³/mol. The first-order chi connectivity index (χ1) is 12.4. The van der Waals surface area contributed by atoms with Crippen LogP contribution >= 0.6 is 38.5 Å². The average Bonchev–Trinajstić information content (AvgIpc) is 3.35. The number of amides is 1. The molecular weight excluding hydrogens is 517 g/mol. The monoisotopic (exact) mass is 531 g/mol. The summed E-state index contributed by atoms with van der Waals surface area (Å²) in [5.74, 6) is -0.108. The molecule has 0 heterocycles. The molecule has 136 valence electrons. The van der Waals surface area contributed by atoms with Crippen LogP contribution in [0.25, 0.3) is 0 Å². The Hall–Kier alpha value is -1.72. The number of carbonyl (C=O) groups is 1. The van der Waals surface area contributed by atoms with E-state index in [1.807, 2.05) is 18.2 Å². The number of hydrogen-bond acceptors (Lipinski definition) is 5.